The monoisotopic (exact) mass is 220 g/mol. The van der Waals surface area contributed by atoms with Crippen LogP contribution >= 0.6 is 0 Å². The fraction of sp³-hybridized carbons (Fsp3) is 0.571. The van der Waals surface area contributed by atoms with Crippen molar-refractivity contribution < 1.29 is 0 Å². The van der Waals surface area contributed by atoms with Gasteiger partial charge in [0.05, 0.1) is 0 Å². The SMILES string of the molecule is CCc1ccc(CN(C)CC(C)(C)N)cc1. The predicted octanol–water partition coefficient (Wildman–Crippen LogP) is 2.42. The Morgan fingerprint density at radius 2 is 1.62 bits per heavy atom. The molecule has 2 N–H and O–H groups in total. The highest BCUT2D eigenvalue weighted by molar-refractivity contribution is 5.22. The van der Waals surface area contributed by atoms with Crippen LogP contribution in [0.25, 0.3) is 0 Å². The molecule has 0 aliphatic rings. The number of rotatable bonds is 5. The average molecular weight is 220 g/mol. The van der Waals surface area contributed by atoms with Crippen molar-refractivity contribution in [1.29, 1.82) is 0 Å². The van der Waals surface area contributed by atoms with Crippen LogP contribution in [0, 0.1) is 0 Å². The lowest BCUT2D eigenvalue weighted by atomic mass is 10.1. The van der Waals surface area contributed by atoms with E-state index in [1.807, 2.05) is 0 Å². The Bertz CT molecular complexity index is 309. The number of likely N-dealkylation sites (N-methyl/N-ethyl adjacent to an activating group) is 1. The molecular formula is C14H24N2. The number of hydrogen-bond donors (Lipinski definition) is 1. The molecule has 1 aromatic rings. The summed E-state index contributed by atoms with van der Waals surface area (Å²) in [5, 5.41) is 0. The van der Waals surface area contributed by atoms with E-state index in [1.54, 1.807) is 0 Å². The molecule has 2 nitrogen and oxygen atoms in total. The summed E-state index contributed by atoms with van der Waals surface area (Å²) >= 11 is 0. The summed E-state index contributed by atoms with van der Waals surface area (Å²) in [6.45, 7) is 8.17. The third kappa shape index (κ3) is 4.77. The molecule has 0 unspecified atom stereocenters. The lowest BCUT2D eigenvalue weighted by molar-refractivity contribution is 0.263. The molecule has 1 aromatic carbocycles. The van der Waals surface area contributed by atoms with E-state index in [1.165, 1.54) is 11.1 Å². The van der Waals surface area contributed by atoms with Gasteiger partial charge in [-0.3, -0.25) is 0 Å². The van der Waals surface area contributed by atoms with Crippen molar-refractivity contribution in [3.63, 3.8) is 0 Å². The number of hydrogen-bond acceptors (Lipinski definition) is 2. The van der Waals surface area contributed by atoms with Crippen LogP contribution in [0.15, 0.2) is 24.3 Å². The van der Waals surface area contributed by atoms with Gasteiger partial charge in [0.15, 0.2) is 0 Å². The standard InChI is InChI=1S/C14H24N2/c1-5-12-6-8-13(9-7-12)10-16(4)11-14(2,3)15/h6-9H,5,10-11,15H2,1-4H3. The zero-order valence-electron chi connectivity index (χ0n) is 11.0. The molecule has 16 heavy (non-hydrogen) atoms. The Morgan fingerprint density at radius 3 is 2.06 bits per heavy atom. The van der Waals surface area contributed by atoms with E-state index in [0.717, 1.165) is 19.5 Å². The zero-order chi connectivity index (χ0) is 12.2. The molecule has 0 amide bonds. The summed E-state index contributed by atoms with van der Waals surface area (Å²) in [5.74, 6) is 0. The summed E-state index contributed by atoms with van der Waals surface area (Å²) in [6.07, 6.45) is 1.10. The summed E-state index contributed by atoms with van der Waals surface area (Å²) in [4.78, 5) is 2.26. The molecule has 0 saturated heterocycles. The first kappa shape index (κ1) is 13.2. The highest BCUT2D eigenvalue weighted by atomic mass is 15.1. The van der Waals surface area contributed by atoms with Crippen molar-refractivity contribution in [2.45, 2.75) is 39.3 Å². The van der Waals surface area contributed by atoms with Gasteiger partial charge in [-0.2, -0.15) is 0 Å². The largest absolute Gasteiger partial charge is 0.324 e. The quantitative estimate of drug-likeness (QED) is 0.825. The first-order valence-corrected chi connectivity index (χ1v) is 5.96. The summed E-state index contributed by atoms with van der Waals surface area (Å²) < 4.78 is 0. The molecule has 0 aliphatic carbocycles. The van der Waals surface area contributed by atoms with E-state index >= 15 is 0 Å². The minimum Gasteiger partial charge on any atom is -0.324 e. The molecule has 1 rings (SSSR count). The third-order valence-electron chi connectivity index (χ3n) is 2.56. The normalized spacial score (nSPS) is 12.1. The molecule has 0 heterocycles. The van der Waals surface area contributed by atoms with E-state index in [2.05, 4.69) is 57.0 Å². The van der Waals surface area contributed by atoms with Crippen LogP contribution in [0.2, 0.25) is 0 Å². The van der Waals surface area contributed by atoms with Gasteiger partial charge >= 0.3 is 0 Å². The van der Waals surface area contributed by atoms with Crippen LogP contribution in [0.5, 0.6) is 0 Å². The second-order valence-electron chi connectivity index (χ2n) is 5.33. The molecule has 0 aromatic heterocycles. The summed E-state index contributed by atoms with van der Waals surface area (Å²) in [5.41, 5.74) is 8.61. The topological polar surface area (TPSA) is 29.3 Å². The molecule has 0 fully saturated rings. The van der Waals surface area contributed by atoms with Gasteiger partial charge < -0.3 is 10.6 Å². The fourth-order valence-electron chi connectivity index (χ4n) is 1.94. The molecular weight excluding hydrogens is 196 g/mol. The Kier molecular flexibility index (Phi) is 4.51. The van der Waals surface area contributed by atoms with Crippen molar-refractivity contribution in [2.75, 3.05) is 13.6 Å². The first-order chi connectivity index (χ1) is 7.40. The van der Waals surface area contributed by atoms with E-state index in [4.69, 9.17) is 5.73 Å². The van der Waals surface area contributed by atoms with E-state index in [9.17, 15) is 0 Å². The number of aryl methyl sites for hydroxylation is 1. The minimum atomic E-state index is -0.127. The van der Waals surface area contributed by atoms with Gasteiger partial charge in [0.25, 0.3) is 0 Å². The minimum absolute atomic E-state index is 0.127. The highest BCUT2D eigenvalue weighted by Crippen LogP contribution is 2.09. The maximum absolute atomic E-state index is 5.99. The predicted molar refractivity (Wildman–Crippen MR) is 70.4 cm³/mol. The Balaban J connectivity index is 2.53. The molecule has 0 aliphatic heterocycles. The van der Waals surface area contributed by atoms with E-state index < -0.39 is 0 Å². The van der Waals surface area contributed by atoms with Gasteiger partial charge in [0.2, 0.25) is 0 Å². The summed E-state index contributed by atoms with van der Waals surface area (Å²) in [7, 11) is 2.11. The highest BCUT2D eigenvalue weighted by Gasteiger charge is 2.13. The van der Waals surface area contributed by atoms with Gasteiger partial charge in [0.1, 0.15) is 0 Å². The van der Waals surface area contributed by atoms with E-state index in [-0.39, 0.29) is 5.54 Å². The average Bonchev–Trinajstić information content (AvgIpc) is 2.16. The molecule has 90 valence electrons. The maximum atomic E-state index is 5.99. The van der Waals surface area contributed by atoms with Crippen LogP contribution in [0.1, 0.15) is 31.9 Å². The first-order valence-electron chi connectivity index (χ1n) is 5.96. The molecule has 0 bridgehead atoms. The van der Waals surface area contributed by atoms with Crippen LogP contribution in [0.4, 0.5) is 0 Å². The van der Waals surface area contributed by atoms with Gasteiger partial charge in [-0.05, 0) is 38.4 Å². The van der Waals surface area contributed by atoms with Crippen LogP contribution in [0.3, 0.4) is 0 Å². The van der Waals surface area contributed by atoms with E-state index in [0.29, 0.717) is 0 Å². The number of nitrogens with two attached hydrogens (primary N) is 1. The van der Waals surface area contributed by atoms with Gasteiger partial charge in [-0.15, -0.1) is 0 Å². The third-order valence-corrected chi connectivity index (χ3v) is 2.56. The van der Waals surface area contributed by atoms with Crippen molar-refractivity contribution in [1.82, 2.24) is 4.90 Å². The summed E-state index contributed by atoms with van der Waals surface area (Å²) in [6, 6.07) is 8.82. The van der Waals surface area contributed by atoms with Gasteiger partial charge in [-0.1, -0.05) is 31.2 Å². The van der Waals surface area contributed by atoms with Crippen LogP contribution in [-0.4, -0.2) is 24.0 Å². The van der Waals surface area contributed by atoms with Crippen molar-refractivity contribution in [3.8, 4) is 0 Å². The van der Waals surface area contributed by atoms with Crippen LogP contribution in [-0.2, 0) is 13.0 Å². The Labute approximate surface area is 99.5 Å². The molecule has 2 heteroatoms. The Hall–Kier alpha value is -0.860. The van der Waals surface area contributed by atoms with Gasteiger partial charge in [0, 0.05) is 18.6 Å². The second kappa shape index (κ2) is 5.46. The molecule has 0 saturated carbocycles. The maximum Gasteiger partial charge on any atom is 0.0231 e. The van der Waals surface area contributed by atoms with Crippen molar-refractivity contribution in [3.05, 3.63) is 35.4 Å². The van der Waals surface area contributed by atoms with Crippen molar-refractivity contribution >= 4 is 0 Å². The Morgan fingerprint density at radius 1 is 1.12 bits per heavy atom. The smallest absolute Gasteiger partial charge is 0.0231 e. The fourth-order valence-corrected chi connectivity index (χ4v) is 1.94. The zero-order valence-corrected chi connectivity index (χ0v) is 11.0. The second-order valence-corrected chi connectivity index (χ2v) is 5.33. The molecule has 0 atom stereocenters. The van der Waals surface area contributed by atoms with Crippen LogP contribution < -0.4 is 5.73 Å². The lowest BCUT2D eigenvalue weighted by Gasteiger charge is -2.26. The molecule has 0 spiro atoms. The number of benzene rings is 1. The lowest BCUT2D eigenvalue weighted by Crippen LogP contribution is -2.43. The van der Waals surface area contributed by atoms with Gasteiger partial charge in [-0.25, -0.2) is 0 Å². The molecule has 0 radical (unpaired) electrons. The van der Waals surface area contributed by atoms with Crippen molar-refractivity contribution in [2.24, 2.45) is 5.73 Å². The number of nitrogens with zero attached hydrogens (tertiary/aromatic N) is 1.